The molecule has 4 nitrogen and oxygen atoms in total. The number of sulfonamides is 1. The summed E-state index contributed by atoms with van der Waals surface area (Å²) >= 11 is 0. The molecular formula is C17H20N2O2S. The van der Waals surface area contributed by atoms with Gasteiger partial charge in [0.15, 0.2) is 0 Å². The van der Waals surface area contributed by atoms with Crippen molar-refractivity contribution in [2.24, 2.45) is 16.9 Å². The summed E-state index contributed by atoms with van der Waals surface area (Å²) in [5, 5.41) is 4.20. The first-order valence-corrected chi connectivity index (χ1v) is 8.87. The summed E-state index contributed by atoms with van der Waals surface area (Å²) in [6.07, 6.45) is 5.12. The molecule has 2 bridgehead atoms. The minimum Gasteiger partial charge on any atom is -0.200 e. The second kappa shape index (κ2) is 5.39. The van der Waals surface area contributed by atoms with Crippen LogP contribution in [0.15, 0.2) is 57.6 Å². The zero-order valence-electron chi connectivity index (χ0n) is 13.0. The molecule has 5 heteroatoms. The van der Waals surface area contributed by atoms with E-state index in [4.69, 9.17) is 0 Å². The molecule has 22 heavy (non-hydrogen) atoms. The average Bonchev–Trinajstić information content (AvgIpc) is 3.03. The third-order valence-corrected chi connectivity index (χ3v) is 5.50. The Morgan fingerprint density at radius 2 is 1.86 bits per heavy atom. The molecule has 116 valence electrons. The summed E-state index contributed by atoms with van der Waals surface area (Å²) in [4.78, 5) is 2.62. The molecule has 1 aromatic rings. The average molecular weight is 316 g/mol. The molecule has 0 heterocycles. The molecule has 0 amide bonds. The second-order valence-electron chi connectivity index (χ2n) is 6.14. The number of benzene rings is 1. The van der Waals surface area contributed by atoms with Crippen molar-refractivity contribution >= 4 is 15.7 Å². The maximum Gasteiger partial charge on any atom is 0.276 e. The molecular weight excluding hydrogens is 296 g/mol. The lowest BCUT2D eigenvalue weighted by Gasteiger charge is -2.09. The first-order valence-electron chi connectivity index (χ1n) is 7.39. The van der Waals surface area contributed by atoms with Crippen molar-refractivity contribution in [3.05, 3.63) is 53.1 Å². The highest BCUT2D eigenvalue weighted by Crippen LogP contribution is 2.43. The van der Waals surface area contributed by atoms with Gasteiger partial charge in [0, 0.05) is 11.8 Å². The molecule has 0 spiro atoms. The lowest BCUT2D eigenvalue weighted by molar-refractivity contribution is 0.584. The molecule has 1 aromatic carbocycles. The monoisotopic (exact) mass is 316 g/mol. The fraction of sp³-hybridized carbons (Fsp3) is 0.353. The zero-order chi connectivity index (χ0) is 15.9. The van der Waals surface area contributed by atoms with Crippen molar-refractivity contribution in [1.82, 2.24) is 4.83 Å². The first-order chi connectivity index (χ1) is 10.4. The highest BCUT2D eigenvalue weighted by molar-refractivity contribution is 7.89. The summed E-state index contributed by atoms with van der Waals surface area (Å²) < 4.78 is 24.5. The van der Waals surface area contributed by atoms with Crippen molar-refractivity contribution in [3.63, 3.8) is 0 Å². The van der Waals surface area contributed by atoms with E-state index in [0.29, 0.717) is 5.92 Å². The van der Waals surface area contributed by atoms with Crippen LogP contribution in [0.5, 0.6) is 0 Å². The first kappa shape index (κ1) is 15.0. The Morgan fingerprint density at radius 3 is 2.45 bits per heavy atom. The van der Waals surface area contributed by atoms with Crippen molar-refractivity contribution in [3.8, 4) is 0 Å². The van der Waals surface area contributed by atoms with Gasteiger partial charge in [0.1, 0.15) is 0 Å². The topological polar surface area (TPSA) is 58.5 Å². The molecule has 0 radical (unpaired) electrons. The minimum atomic E-state index is -3.60. The molecule has 2 aliphatic carbocycles. The summed E-state index contributed by atoms with van der Waals surface area (Å²) in [6.45, 7) is 6.12. The minimum absolute atomic E-state index is 0.163. The highest BCUT2D eigenvalue weighted by atomic mass is 32.2. The fourth-order valence-corrected chi connectivity index (χ4v) is 4.03. The van der Waals surface area contributed by atoms with Gasteiger partial charge in [-0.25, -0.2) is 4.83 Å². The summed E-state index contributed by atoms with van der Waals surface area (Å²) in [5.41, 5.74) is 4.59. The van der Waals surface area contributed by atoms with Crippen LogP contribution in [0.25, 0.3) is 0 Å². The third kappa shape index (κ3) is 2.61. The van der Waals surface area contributed by atoms with Crippen molar-refractivity contribution in [2.45, 2.75) is 32.1 Å². The SMILES string of the molecule is CC(C)=C1C2C=CC1/C(=N/NS(=O)(=O)c1ccc(C)cc1)C2. The largest absolute Gasteiger partial charge is 0.276 e. The summed E-state index contributed by atoms with van der Waals surface area (Å²) in [5.74, 6) is 0.549. The lowest BCUT2D eigenvalue weighted by atomic mass is 10.00. The molecule has 1 N–H and O–H groups in total. The van der Waals surface area contributed by atoms with Gasteiger partial charge in [0.25, 0.3) is 10.0 Å². The van der Waals surface area contributed by atoms with Crippen LogP contribution in [0.4, 0.5) is 0 Å². The number of nitrogens with zero attached hydrogens (tertiary/aromatic N) is 1. The third-order valence-electron chi connectivity index (χ3n) is 4.28. The van der Waals surface area contributed by atoms with E-state index in [1.165, 1.54) is 11.1 Å². The van der Waals surface area contributed by atoms with E-state index < -0.39 is 10.0 Å². The maximum atomic E-state index is 12.3. The van der Waals surface area contributed by atoms with Crippen LogP contribution in [0.3, 0.4) is 0 Å². The maximum absolute atomic E-state index is 12.3. The molecule has 0 aliphatic heterocycles. The Hall–Kier alpha value is -1.88. The Labute approximate surface area is 131 Å². The van der Waals surface area contributed by atoms with Gasteiger partial charge in [-0.1, -0.05) is 41.0 Å². The normalized spacial score (nSPS) is 25.0. The van der Waals surface area contributed by atoms with E-state index in [1.54, 1.807) is 24.3 Å². The van der Waals surface area contributed by atoms with Gasteiger partial charge >= 0.3 is 0 Å². The van der Waals surface area contributed by atoms with E-state index in [9.17, 15) is 8.42 Å². The number of hydrogen-bond donors (Lipinski definition) is 1. The van der Waals surface area contributed by atoms with E-state index in [1.807, 2.05) is 6.92 Å². The lowest BCUT2D eigenvalue weighted by Crippen LogP contribution is -2.21. The number of hydrogen-bond acceptors (Lipinski definition) is 3. The Kier molecular flexibility index (Phi) is 3.68. The molecule has 2 aliphatic rings. The van der Waals surface area contributed by atoms with Crippen molar-refractivity contribution < 1.29 is 8.42 Å². The smallest absolute Gasteiger partial charge is 0.200 e. The Morgan fingerprint density at radius 1 is 1.18 bits per heavy atom. The predicted octanol–water partition coefficient (Wildman–Crippen LogP) is 3.17. The van der Waals surface area contributed by atoms with Gasteiger partial charge in [-0.3, -0.25) is 0 Å². The van der Waals surface area contributed by atoms with Crippen LogP contribution < -0.4 is 4.83 Å². The van der Waals surface area contributed by atoms with Crippen LogP contribution in [0.1, 0.15) is 25.8 Å². The van der Waals surface area contributed by atoms with Crippen molar-refractivity contribution in [2.75, 3.05) is 0 Å². The van der Waals surface area contributed by atoms with E-state index >= 15 is 0 Å². The van der Waals surface area contributed by atoms with Gasteiger partial charge in [0.2, 0.25) is 0 Å². The van der Waals surface area contributed by atoms with Crippen LogP contribution in [-0.2, 0) is 10.0 Å². The fourth-order valence-electron chi connectivity index (χ4n) is 3.19. The number of allylic oxidation sites excluding steroid dienone is 4. The molecule has 1 saturated carbocycles. The van der Waals surface area contributed by atoms with E-state index in [-0.39, 0.29) is 10.8 Å². The molecule has 0 aromatic heterocycles. The zero-order valence-corrected chi connectivity index (χ0v) is 13.8. The predicted molar refractivity (Wildman–Crippen MR) is 88.0 cm³/mol. The number of hydrazone groups is 1. The number of fused-ring (bicyclic) bond motifs is 2. The van der Waals surface area contributed by atoms with Gasteiger partial charge in [-0.15, -0.1) is 0 Å². The molecule has 0 saturated heterocycles. The Bertz CT molecular complexity index is 782. The summed E-state index contributed by atoms with van der Waals surface area (Å²) in [6, 6.07) is 6.76. The molecule has 2 atom stereocenters. The summed E-state index contributed by atoms with van der Waals surface area (Å²) in [7, 11) is -3.60. The number of nitrogens with one attached hydrogen (secondary N) is 1. The van der Waals surface area contributed by atoms with Crippen molar-refractivity contribution in [1.29, 1.82) is 0 Å². The standard InChI is InChI=1S/C17H20N2O2S/c1-11(2)17-13-6-9-15(17)16(10-13)18-19-22(20,21)14-7-4-12(3)5-8-14/h4-9,13,15,19H,10H2,1-3H3/b18-16+. The van der Waals surface area contributed by atoms with E-state index in [2.05, 4.69) is 35.9 Å². The molecule has 3 rings (SSSR count). The van der Waals surface area contributed by atoms with Gasteiger partial charge in [0.05, 0.1) is 10.6 Å². The second-order valence-corrected chi connectivity index (χ2v) is 7.80. The van der Waals surface area contributed by atoms with E-state index in [0.717, 1.165) is 17.7 Å². The van der Waals surface area contributed by atoms with Crippen LogP contribution in [0.2, 0.25) is 0 Å². The highest BCUT2D eigenvalue weighted by Gasteiger charge is 2.38. The van der Waals surface area contributed by atoms with Crippen LogP contribution in [0, 0.1) is 18.8 Å². The number of rotatable bonds is 3. The molecule has 1 fully saturated rings. The Balaban J connectivity index is 1.82. The van der Waals surface area contributed by atoms with Gasteiger partial charge in [-0.2, -0.15) is 13.5 Å². The van der Waals surface area contributed by atoms with Gasteiger partial charge in [-0.05, 0) is 39.3 Å². The number of aryl methyl sites for hydroxylation is 1. The van der Waals surface area contributed by atoms with Crippen LogP contribution >= 0.6 is 0 Å². The van der Waals surface area contributed by atoms with Crippen LogP contribution in [-0.4, -0.2) is 14.1 Å². The quantitative estimate of drug-likeness (QED) is 0.688. The molecule has 2 unspecified atom stereocenters. The van der Waals surface area contributed by atoms with Gasteiger partial charge < -0.3 is 0 Å².